The molecule has 1 aromatic carbocycles. The van der Waals surface area contributed by atoms with Crippen molar-refractivity contribution >= 4 is 21.7 Å². The van der Waals surface area contributed by atoms with E-state index in [0.29, 0.717) is 35.9 Å². The summed E-state index contributed by atoms with van der Waals surface area (Å²) in [5, 5.41) is 3.07. The maximum absolute atomic E-state index is 13.4. The molecule has 3 aromatic rings. The van der Waals surface area contributed by atoms with Gasteiger partial charge >= 0.3 is 0 Å². The van der Waals surface area contributed by atoms with Gasteiger partial charge < -0.3 is 5.32 Å². The highest BCUT2D eigenvalue weighted by Gasteiger charge is 2.36. The Hall–Kier alpha value is -2.91. The van der Waals surface area contributed by atoms with Gasteiger partial charge in [-0.3, -0.25) is 4.98 Å². The third-order valence-electron chi connectivity index (χ3n) is 4.71. The second-order valence-corrected chi connectivity index (χ2v) is 8.75. The Kier molecular flexibility index (Phi) is 5.50. The van der Waals surface area contributed by atoms with Crippen LogP contribution in [-0.2, 0) is 15.8 Å². The fourth-order valence-electron chi connectivity index (χ4n) is 3.46. The van der Waals surface area contributed by atoms with Gasteiger partial charge in [0.1, 0.15) is 17.5 Å². The number of nitrogens with one attached hydrogen (secondary N) is 1. The highest BCUT2D eigenvalue weighted by Crippen LogP contribution is 2.34. The minimum atomic E-state index is -3.63. The molecule has 0 amide bonds. The van der Waals surface area contributed by atoms with Crippen LogP contribution in [0.25, 0.3) is 0 Å². The van der Waals surface area contributed by atoms with Gasteiger partial charge in [0.15, 0.2) is 0 Å². The van der Waals surface area contributed by atoms with Crippen molar-refractivity contribution in [1.29, 1.82) is 0 Å². The number of hydrogen-bond donors (Lipinski definition) is 1. The number of anilines is 2. The van der Waals surface area contributed by atoms with Gasteiger partial charge in [0.05, 0.1) is 29.9 Å². The minimum Gasteiger partial charge on any atom is -0.324 e. The molecule has 1 aliphatic heterocycles. The second-order valence-electron chi connectivity index (χ2n) is 6.82. The Morgan fingerprint density at radius 1 is 1.14 bits per heavy atom. The van der Waals surface area contributed by atoms with Gasteiger partial charge in [-0.2, -0.15) is 4.31 Å². The van der Waals surface area contributed by atoms with E-state index in [9.17, 15) is 12.8 Å². The summed E-state index contributed by atoms with van der Waals surface area (Å²) in [4.78, 5) is 13.0. The molecule has 1 N–H and O–H groups in total. The molecule has 0 radical (unpaired) electrons. The first-order valence-corrected chi connectivity index (χ1v) is 10.9. The number of nitrogens with zero attached hydrogens (tertiary/aromatic N) is 4. The van der Waals surface area contributed by atoms with Crippen LogP contribution < -0.4 is 5.32 Å². The maximum atomic E-state index is 13.4. The fraction of sp³-hybridized carbons (Fsp3) is 0.250. The molecule has 1 saturated heterocycles. The lowest BCUT2D eigenvalue weighted by Gasteiger charge is -2.24. The summed E-state index contributed by atoms with van der Waals surface area (Å²) in [5.41, 5.74) is 0.999. The molecule has 0 aliphatic carbocycles. The molecule has 1 aliphatic rings. The van der Waals surface area contributed by atoms with Crippen molar-refractivity contribution in [2.75, 3.05) is 11.9 Å². The number of benzene rings is 1. The van der Waals surface area contributed by atoms with Gasteiger partial charge in [-0.05, 0) is 42.7 Å². The lowest BCUT2D eigenvalue weighted by atomic mass is 10.2. The van der Waals surface area contributed by atoms with Gasteiger partial charge in [0.2, 0.25) is 10.0 Å². The number of rotatable bonds is 6. The zero-order chi connectivity index (χ0) is 20.3. The van der Waals surface area contributed by atoms with Crippen molar-refractivity contribution in [3.05, 3.63) is 78.1 Å². The lowest BCUT2D eigenvalue weighted by Crippen LogP contribution is -2.32. The highest BCUT2D eigenvalue weighted by atomic mass is 32.2. The molecule has 3 heterocycles. The average Bonchev–Trinajstić information content (AvgIpc) is 3.20. The predicted molar refractivity (Wildman–Crippen MR) is 107 cm³/mol. The molecule has 2 aromatic heterocycles. The van der Waals surface area contributed by atoms with E-state index in [-0.39, 0.29) is 5.75 Å². The summed E-state index contributed by atoms with van der Waals surface area (Å²) < 4.78 is 40.9. The molecule has 0 spiro atoms. The van der Waals surface area contributed by atoms with Crippen molar-refractivity contribution in [2.45, 2.75) is 24.6 Å². The molecule has 0 saturated carbocycles. The lowest BCUT2D eigenvalue weighted by molar-refractivity contribution is 0.389. The van der Waals surface area contributed by atoms with Gasteiger partial charge in [-0.25, -0.2) is 22.8 Å². The number of aromatic nitrogens is 3. The standard InChI is InChI=1S/C20H20FN5O2S/c21-16-6-3-5-15(11-16)14-29(27,28)26-10-4-7-18(26)17-12-22-13-20(24-17)25-19-8-1-2-9-23-19/h1-3,5-6,8-9,11-13,18H,4,7,10,14H2,(H,23,24,25)/t18-/m0/s1. The molecule has 4 rings (SSSR count). The second kappa shape index (κ2) is 8.22. The summed E-state index contributed by atoms with van der Waals surface area (Å²) in [6, 6.07) is 10.7. The van der Waals surface area contributed by atoms with Crippen LogP contribution in [0.1, 0.15) is 30.1 Å². The van der Waals surface area contributed by atoms with E-state index in [1.807, 2.05) is 12.1 Å². The van der Waals surface area contributed by atoms with E-state index >= 15 is 0 Å². The molecule has 9 heteroatoms. The maximum Gasteiger partial charge on any atom is 0.218 e. The van der Waals surface area contributed by atoms with Gasteiger partial charge in [0, 0.05) is 12.7 Å². The molecule has 150 valence electrons. The quantitative estimate of drug-likeness (QED) is 0.666. The molecular formula is C20H20FN5O2S. The summed E-state index contributed by atoms with van der Waals surface area (Å²) >= 11 is 0. The molecule has 1 atom stereocenters. The number of sulfonamides is 1. The third kappa shape index (κ3) is 4.57. The van der Waals surface area contributed by atoms with Crippen molar-refractivity contribution in [2.24, 2.45) is 0 Å². The number of pyridine rings is 1. The van der Waals surface area contributed by atoms with Crippen molar-refractivity contribution in [3.63, 3.8) is 0 Å². The Balaban J connectivity index is 1.56. The molecular weight excluding hydrogens is 393 g/mol. The third-order valence-corrected chi connectivity index (χ3v) is 6.56. The van der Waals surface area contributed by atoms with Gasteiger partial charge in [0.25, 0.3) is 0 Å². The normalized spacial score (nSPS) is 17.3. The van der Waals surface area contributed by atoms with Crippen LogP contribution in [0.2, 0.25) is 0 Å². The van der Waals surface area contributed by atoms with Crippen molar-refractivity contribution < 1.29 is 12.8 Å². The molecule has 0 unspecified atom stereocenters. The fourth-order valence-corrected chi connectivity index (χ4v) is 5.23. The molecule has 1 fully saturated rings. The molecule has 7 nitrogen and oxygen atoms in total. The van der Waals surface area contributed by atoms with E-state index in [1.165, 1.54) is 22.5 Å². The largest absolute Gasteiger partial charge is 0.324 e. The highest BCUT2D eigenvalue weighted by molar-refractivity contribution is 7.88. The van der Waals surface area contributed by atoms with Crippen LogP contribution in [0.15, 0.2) is 61.1 Å². The SMILES string of the molecule is O=S(=O)(Cc1cccc(F)c1)N1CCC[C@H]1c1cncc(Nc2ccccn2)n1. The first-order valence-electron chi connectivity index (χ1n) is 9.25. The van der Waals surface area contributed by atoms with E-state index in [0.717, 1.165) is 6.42 Å². The topological polar surface area (TPSA) is 88.1 Å². The van der Waals surface area contributed by atoms with Crippen LogP contribution in [0.5, 0.6) is 0 Å². The van der Waals surface area contributed by atoms with Crippen LogP contribution >= 0.6 is 0 Å². The predicted octanol–water partition coefficient (Wildman–Crippen LogP) is 3.42. The summed E-state index contributed by atoms with van der Waals surface area (Å²) in [7, 11) is -3.63. The zero-order valence-electron chi connectivity index (χ0n) is 15.6. The Labute approximate surface area is 168 Å². The Bertz CT molecular complexity index is 1090. The number of halogens is 1. The summed E-state index contributed by atoms with van der Waals surface area (Å²) in [6.07, 6.45) is 6.21. The minimum absolute atomic E-state index is 0.249. The Morgan fingerprint density at radius 3 is 2.83 bits per heavy atom. The van der Waals surface area contributed by atoms with E-state index in [1.54, 1.807) is 30.7 Å². The van der Waals surface area contributed by atoms with Crippen LogP contribution in [0.4, 0.5) is 16.0 Å². The van der Waals surface area contributed by atoms with E-state index in [2.05, 4.69) is 20.3 Å². The number of hydrogen-bond acceptors (Lipinski definition) is 6. The van der Waals surface area contributed by atoms with Gasteiger partial charge in [-0.15, -0.1) is 0 Å². The first kappa shape index (κ1) is 19.4. The summed E-state index contributed by atoms with van der Waals surface area (Å²) in [6.45, 7) is 0.405. The zero-order valence-corrected chi connectivity index (χ0v) is 16.4. The van der Waals surface area contributed by atoms with E-state index < -0.39 is 21.9 Å². The molecule has 29 heavy (non-hydrogen) atoms. The van der Waals surface area contributed by atoms with Crippen LogP contribution in [0, 0.1) is 5.82 Å². The van der Waals surface area contributed by atoms with Crippen LogP contribution in [0.3, 0.4) is 0 Å². The van der Waals surface area contributed by atoms with Crippen LogP contribution in [-0.4, -0.2) is 34.2 Å². The van der Waals surface area contributed by atoms with Crippen molar-refractivity contribution in [1.82, 2.24) is 19.3 Å². The molecule has 0 bridgehead atoms. The smallest absolute Gasteiger partial charge is 0.218 e. The summed E-state index contributed by atoms with van der Waals surface area (Å²) in [5.74, 6) is 0.423. The van der Waals surface area contributed by atoms with E-state index in [4.69, 9.17) is 0 Å². The van der Waals surface area contributed by atoms with Gasteiger partial charge in [-0.1, -0.05) is 18.2 Å². The van der Waals surface area contributed by atoms with Crippen molar-refractivity contribution in [3.8, 4) is 0 Å². The Morgan fingerprint density at radius 2 is 2.03 bits per heavy atom. The first-order chi connectivity index (χ1) is 14.0. The monoisotopic (exact) mass is 413 g/mol. The average molecular weight is 413 g/mol.